The van der Waals surface area contributed by atoms with Crippen LogP contribution in [0.3, 0.4) is 0 Å². The SMILES string of the molecule is C=CCOC(=O)c1c(OCC=C)cccc1[N+](=O)[O-]. The van der Waals surface area contributed by atoms with E-state index >= 15 is 0 Å². The largest absolute Gasteiger partial charge is 0.488 e. The number of nitrogens with zero attached hydrogens (tertiary/aromatic N) is 1. The Labute approximate surface area is 110 Å². The molecule has 0 bridgehead atoms. The van der Waals surface area contributed by atoms with E-state index in [-0.39, 0.29) is 30.2 Å². The predicted octanol–water partition coefficient (Wildman–Crippen LogP) is 2.50. The van der Waals surface area contributed by atoms with Crippen molar-refractivity contribution in [2.45, 2.75) is 0 Å². The second-order valence-corrected chi connectivity index (χ2v) is 3.39. The van der Waals surface area contributed by atoms with Gasteiger partial charge in [0.15, 0.2) is 5.56 Å². The van der Waals surface area contributed by atoms with Gasteiger partial charge >= 0.3 is 5.97 Å². The highest BCUT2D eigenvalue weighted by atomic mass is 16.6. The maximum atomic E-state index is 11.8. The number of benzene rings is 1. The van der Waals surface area contributed by atoms with E-state index in [4.69, 9.17) is 9.47 Å². The molecule has 0 radical (unpaired) electrons. The van der Waals surface area contributed by atoms with E-state index in [9.17, 15) is 14.9 Å². The molecule has 0 amide bonds. The molecule has 1 aromatic rings. The van der Waals surface area contributed by atoms with Gasteiger partial charge in [0.2, 0.25) is 0 Å². The topological polar surface area (TPSA) is 78.7 Å². The van der Waals surface area contributed by atoms with Crippen molar-refractivity contribution in [1.82, 2.24) is 0 Å². The van der Waals surface area contributed by atoms with Crippen LogP contribution < -0.4 is 4.74 Å². The van der Waals surface area contributed by atoms with Gasteiger partial charge in [0, 0.05) is 6.07 Å². The van der Waals surface area contributed by atoms with E-state index < -0.39 is 10.9 Å². The molecule has 0 spiro atoms. The summed E-state index contributed by atoms with van der Waals surface area (Å²) in [6.07, 6.45) is 2.84. The lowest BCUT2D eigenvalue weighted by Crippen LogP contribution is -2.11. The number of rotatable bonds is 7. The van der Waals surface area contributed by atoms with Crippen LogP contribution in [0, 0.1) is 10.1 Å². The van der Waals surface area contributed by atoms with Crippen molar-refractivity contribution in [2.24, 2.45) is 0 Å². The number of hydrogen-bond acceptors (Lipinski definition) is 5. The molecule has 0 aromatic heterocycles. The third kappa shape index (κ3) is 3.67. The average Bonchev–Trinajstić information content (AvgIpc) is 2.41. The smallest absolute Gasteiger partial charge is 0.349 e. The minimum atomic E-state index is -0.828. The number of carbonyl (C=O) groups is 1. The lowest BCUT2D eigenvalue weighted by atomic mass is 10.1. The van der Waals surface area contributed by atoms with Crippen LogP contribution >= 0.6 is 0 Å². The number of hydrogen-bond donors (Lipinski definition) is 0. The van der Waals surface area contributed by atoms with Gasteiger partial charge in [-0.3, -0.25) is 10.1 Å². The first kappa shape index (κ1) is 14.4. The number of ether oxygens (including phenoxy) is 2. The molecule has 0 saturated heterocycles. The average molecular weight is 263 g/mol. The minimum Gasteiger partial charge on any atom is -0.488 e. The lowest BCUT2D eigenvalue weighted by Gasteiger charge is -2.09. The number of carbonyl (C=O) groups excluding carboxylic acids is 1. The first-order chi connectivity index (χ1) is 9.11. The van der Waals surface area contributed by atoms with Gasteiger partial charge in [0.05, 0.1) is 4.92 Å². The maximum Gasteiger partial charge on any atom is 0.349 e. The van der Waals surface area contributed by atoms with Crippen LogP contribution in [-0.2, 0) is 4.74 Å². The van der Waals surface area contributed by atoms with Crippen molar-refractivity contribution in [3.8, 4) is 5.75 Å². The van der Waals surface area contributed by atoms with Gasteiger partial charge in [-0.05, 0) is 6.07 Å². The Bertz CT molecular complexity index is 510. The van der Waals surface area contributed by atoms with Crippen molar-refractivity contribution < 1.29 is 19.2 Å². The van der Waals surface area contributed by atoms with Crippen LogP contribution in [0.1, 0.15) is 10.4 Å². The van der Waals surface area contributed by atoms with Gasteiger partial charge in [-0.15, -0.1) is 0 Å². The highest BCUT2D eigenvalue weighted by Crippen LogP contribution is 2.29. The van der Waals surface area contributed by atoms with Crippen LogP contribution in [0.5, 0.6) is 5.75 Å². The summed E-state index contributed by atoms with van der Waals surface area (Å²) in [6, 6.07) is 4.10. The van der Waals surface area contributed by atoms with E-state index in [0.717, 1.165) is 0 Å². The molecule has 100 valence electrons. The summed E-state index contributed by atoms with van der Waals surface area (Å²) >= 11 is 0. The fraction of sp³-hybridized carbons (Fsp3) is 0.154. The molecule has 0 heterocycles. The third-order valence-corrected chi connectivity index (χ3v) is 2.09. The molecule has 0 aliphatic heterocycles. The van der Waals surface area contributed by atoms with Gasteiger partial charge in [-0.1, -0.05) is 31.4 Å². The molecule has 0 N–H and O–H groups in total. The van der Waals surface area contributed by atoms with Crippen molar-refractivity contribution in [3.63, 3.8) is 0 Å². The fourth-order valence-electron chi connectivity index (χ4n) is 1.35. The Balaban J connectivity index is 3.19. The summed E-state index contributed by atoms with van der Waals surface area (Å²) in [4.78, 5) is 22.1. The second kappa shape index (κ2) is 6.95. The molecule has 6 heteroatoms. The van der Waals surface area contributed by atoms with E-state index in [1.54, 1.807) is 0 Å². The first-order valence-corrected chi connectivity index (χ1v) is 5.41. The summed E-state index contributed by atoms with van der Waals surface area (Å²) in [6.45, 7) is 6.96. The molecule has 0 fully saturated rings. The molecule has 0 atom stereocenters. The standard InChI is InChI=1S/C13H13NO5/c1-3-8-18-11-7-5-6-10(14(16)17)12(11)13(15)19-9-4-2/h3-7H,1-2,8-9H2. The Morgan fingerprint density at radius 3 is 2.58 bits per heavy atom. The zero-order valence-electron chi connectivity index (χ0n) is 10.2. The molecule has 0 unspecified atom stereocenters. The monoisotopic (exact) mass is 263 g/mol. The molecule has 0 saturated carbocycles. The van der Waals surface area contributed by atoms with Crippen LogP contribution in [0.4, 0.5) is 5.69 Å². The highest BCUT2D eigenvalue weighted by Gasteiger charge is 2.26. The van der Waals surface area contributed by atoms with Gasteiger partial charge in [0.1, 0.15) is 19.0 Å². The van der Waals surface area contributed by atoms with Gasteiger partial charge in [0.25, 0.3) is 5.69 Å². The Morgan fingerprint density at radius 2 is 2.00 bits per heavy atom. The molecule has 1 rings (SSSR count). The van der Waals surface area contributed by atoms with Crippen LogP contribution in [0.15, 0.2) is 43.5 Å². The summed E-state index contributed by atoms with van der Waals surface area (Å²) in [7, 11) is 0. The van der Waals surface area contributed by atoms with Gasteiger partial charge in [-0.25, -0.2) is 4.79 Å². The van der Waals surface area contributed by atoms with Crippen molar-refractivity contribution in [3.05, 3.63) is 59.2 Å². The second-order valence-electron chi connectivity index (χ2n) is 3.39. The number of esters is 1. The van der Waals surface area contributed by atoms with E-state index in [0.29, 0.717) is 0 Å². The van der Waals surface area contributed by atoms with Crippen LogP contribution in [-0.4, -0.2) is 24.1 Å². The van der Waals surface area contributed by atoms with E-state index in [1.165, 1.54) is 30.4 Å². The van der Waals surface area contributed by atoms with Crippen LogP contribution in [0.2, 0.25) is 0 Å². The maximum absolute atomic E-state index is 11.8. The van der Waals surface area contributed by atoms with Gasteiger partial charge in [-0.2, -0.15) is 0 Å². The third-order valence-electron chi connectivity index (χ3n) is 2.09. The van der Waals surface area contributed by atoms with Crippen molar-refractivity contribution in [2.75, 3.05) is 13.2 Å². The zero-order valence-corrected chi connectivity index (χ0v) is 10.2. The Kier molecular flexibility index (Phi) is 5.28. The predicted molar refractivity (Wildman–Crippen MR) is 69.3 cm³/mol. The van der Waals surface area contributed by atoms with E-state index in [1.807, 2.05) is 0 Å². The first-order valence-electron chi connectivity index (χ1n) is 5.41. The Morgan fingerprint density at radius 1 is 1.32 bits per heavy atom. The van der Waals surface area contributed by atoms with Gasteiger partial charge < -0.3 is 9.47 Å². The summed E-state index contributed by atoms with van der Waals surface area (Å²) < 4.78 is 10.1. The normalized spacial score (nSPS) is 9.47. The molecule has 0 aliphatic rings. The van der Waals surface area contributed by atoms with Crippen molar-refractivity contribution >= 4 is 11.7 Å². The summed E-state index contributed by atoms with van der Waals surface area (Å²) in [5.74, 6) is -0.741. The molecular formula is C13H13NO5. The quantitative estimate of drug-likeness (QED) is 0.327. The molecule has 1 aromatic carbocycles. The number of nitro benzene ring substituents is 1. The van der Waals surface area contributed by atoms with Crippen molar-refractivity contribution in [1.29, 1.82) is 0 Å². The fourth-order valence-corrected chi connectivity index (χ4v) is 1.35. The Hall–Kier alpha value is -2.63. The zero-order chi connectivity index (χ0) is 14.3. The molecule has 19 heavy (non-hydrogen) atoms. The van der Waals surface area contributed by atoms with Crippen LogP contribution in [0.25, 0.3) is 0 Å². The summed E-state index contributed by atoms with van der Waals surface area (Å²) in [5, 5.41) is 10.9. The minimum absolute atomic E-state index is 0.0359. The molecule has 6 nitrogen and oxygen atoms in total. The number of nitro groups is 1. The lowest BCUT2D eigenvalue weighted by molar-refractivity contribution is -0.385. The van der Waals surface area contributed by atoms with E-state index in [2.05, 4.69) is 13.2 Å². The highest BCUT2D eigenvalue weighted by molar-refractivity contribution is 5.97. The molecule has 0 aliphatic carbocycles. The summed E-state index contributed by atoms with van der Waals surface area (Å²) in [5.41, 5.74) is -0.577. The molecular weight excluding hydrogens is 250 g/mol.